The number of benzene rings is 2. The molecule has 1 nitrogen and oxygen atoms in total. The predicted octanol–water partition coefficient (Wildman–Crippen LogP) is 7.15. The number of Topliss-reactive ketones (excluding diaryl/α,β-unsaturated/α-hetero) is 1. The summed E-state index contributed by atoms with van der Waals surface area (Å²) >= 11 is 5.75. The largest absolute Gasteiger partial charge is 0.295 e. The number of rotatable bonds is 6. The minimum Gasteiger partial charge on any atom is -0.295 e. The van der Waals surface area contributed by atoms with Gasteiger partial charge < -0.3 is 0 Å². The molecule has 0 aromatic heterocycles. The molecule has 0 saturated carbocycles. The second-order valence-electron chi connectivity index (χ2n) is 6.52. The molecule has 0 spiro atoms. The number of halogens is 3. The van der Waals surface area contributed by atoms with Crippen molar-refractivity contribution in [2.75, 3.05) is 0 Å². The smallest absolute Gasteiger partial charge is 0.156 e. The van der Waals surface area contributed by atoms with Crippen LogP contribution in [0.4, 0.5) is 8.78 Å². The zero-order valence-corrected chi connectivity index (χ0v) is 16.3. The number of carbonyl (C=O) groups is 1. The standard InChI is InChI=1S/C22H23ClF2O/c1-5-6-7-18(15(4)26)13(2)19-11-17(24)12-20(14(19)3)16-8-9-21(23)22(25)10-16/h8-12H,5-7H2,1-4H3/b18-13+. The molecule has 0 amide bonds. The normalized spacial score (nSPS) is 12.1. The van der Waals surface area contributed by atoms with Crippen molar-refractivity contribution in [1.29, 1.82) is 0 Å². The maximum atomic E-state index is 14.3. The Morgan fingerprint density at radius 2 is 1.81 bits per heavy atom. The van der Waals surface area contributed by atoms with Gasteiger partial charge in [0.2, 0.25) is 0 Å². The number of unbranched alkanes of at least 4 members (excludes halogenated alkanes) is 1. The number of hydrogen-bond donors (Lipinski definition) is 0. The third kappa shape index (κ3) is 4.39. The summed E-state index contributed by atoms with van der Waals surface area (Å²) in [4.78, 5) is 12.1. The maximum absolute atomic E-state index is 14.3. The van der Waals surface area contributed by atoms with E-state index in [-0.39, 0.29) is 10.8 Å². The monoisotopic (exact) mass is 376 g/mol. The second kappa shape index (κ2) is 8.59. The van der Waals surface area contributed by atoms with Crippen LogP contribution in [-0.2, 0) is 4.79 Å². The van der Waals surface area contributed by atoms with Crippen LogP contribution in [0.2, 0.25) is 5.02 Å². The first-order valence-electron chi connectivity index (χ1n) is 8.72. The van der Waals surface area contributed by atoms with Gasteiger partial charge in [0.15, 0.2) is 5.78 Å². The summed E-state index contributed by atoms with van der Waals surface area (Å²) in [5.74, 6) is -0.971. The molecule has 2 aromatic rings. The Kier molecular flexibility index (Phi) is 6.71. The summed E-state index contributed by atoms with van der Waals surface area (Å²) in [6, 6.07) is 7.25. The fourth-order valence-corrected chi connectivity index (χ4v) is 3.29. The van der Waals surface area contributed by atoms with Crippen LogP contribution in [-0.4, -0.2) is 5.78 Å². The highest BCUT2D eigenvalue weighted by Gasteiger charge is 2.16. The van der Waals surface area contributed by atoms with Crippen molar-refractivity contribution in [1.82, 2.24) is 0 Å². The first-order valence-corrected chi connectivity index (χ1v) is 9.10. The van der Waals surface area contributed by atoms with Crippen molar-refractivity contribution in [2.45, 2.75) is 47.0 Å². The molecule has 26 heavy (non-hydrogen) atoms. The highest BCUT2D eigenvalue weighted by Crippen LogP contribution is 2.34. The molecule has 2 aromatic carbocycles. The lowest BCUT2D eigenvalue weighted by molar-refractivity contribution is -0.113. The van der Waals surface area contributed by atoms with E-state index in [4.69, 9.17) is 11.6 Å². The number of ketones is 1. The van der Waals surface area contributed by atoms with E-state index in [1.165, 1.54) is 24.3 Å². The summed E-state index contributed by atoms with van der Waals surface area (Å²) in [7, 11) is 0. The second-order valence-corrected chi connectivity index (χ2v) is 6.93. The molecule has 0 radical (unpaired) electrons. The molecule has 138 valence electrons. The molecule has 0 aliphatic carbocycles. The average Bonchev–Trinajstić information content (AvgIpc) is 2.59. The van der Waals surface area contributed by atoms with Gasteiger partial charge in [0, 0.05) is 0 Å². The Balaban J connectivity index is 2.65. The quantitative estimate of drug-likeness (QED) is 0.489. The van der Waals surface area contributed by atoms with Gasteiger partial charge in [0.05, 0.1) is 5.02 Å². The van der Waals surface area contributed by atoms with Gasteiger partial charge in [-0.3, -0.25) is 4.79 Å². The van der Waals surface area contributed by atoms with Crippen LogP contribution in [0.5, 0.6) is 0 Å². The van der Waals surface area contributed by atoms with E-state index in [2.05, 4.69) is 6.92 Å². The molecule has 0 heterocycles. The lowest BCUT2D eigenvalue weighted by atomic mass is 9.89. The van der Waals surface area contributed by atoms with Crippen LogP contribution in [0, 0.1) is 18.6 Å². The highest BCUT2D eigenvalue weighted by atomic mass is 35.5. The summed E-state index contributed by atoms with van der Waals surface area (Å²) in [6.07, 6.45) is 2.54. The minimum absolute atomic E-state index is 0.00121. The van der Waals surface area contributed by atoms with E-state index in [9.17, 15) is 13.6 Å². The first-order chi connectivity index (χ1) is 12.3. The summed E-state index contributed by atoms with van der Waals surface area (Å²) < 4.78 is 28.2. The fourth-order valence-electron chi connectivity index (χ4n) is 3.18. The van der Waals surface area contributed by atoms with Gasteiger partial charge in [-0.15, -0.1) is 0 Å². The van der Waals surface area contributed by atoms with E-state index in [0.717, 1.165) is 24.0 Å². The molecule has 2 rings (SSSR count). The zero-order valence-electron chi connectivity index (χ0n) is 15.6. The fraction of sp³-hybridized carbons (Fsp3) is 0.318. The molecular formula is C22H23ClF2O. The van der Waals surface area contributed by atoms with Gasteiger partial charge in [0.25, 0.3) is 0 Å². The van der Waals surface area contributed by atoms with Crippen LogP contribution < -0.4 is 0 Å². The van der Waals surface area contributed by atoms with Gasteiger partial charge in [0.1, 0.15) is 11.6 Å². The Hall–Kier alpha value is -2.00. The van der Waals surface area contributed by atoms with Gasteiger partial charge >= 0.3 is 0 Å². The Bertz CT molecular complexity index is 869. The summed E-state index contributed by atoms with van der Waals surface area (Å²) in [6.45, 7) is 7.31. The highest BCUT2D eigenvalue weighted by molar-refractivity contribution is 6.30. The molecule has 0 fully saturated rings. The van der Waals surface area contributed by atoms with Gasteiger partial charge in [-0.1, -0.05) is 31.0 Å². The number of allylic oxidation sites excluding steroid dienone is 2. The van der Waals surface area contributed by atoms with Crippen molar-refractivity contribution >= 4 is 23.0 Å². The molecule has 0 aliphatic rings. The van der Waals surface area contributed by atoms with Crippen LogP contribution in [0.25, 0.3) is 16.7 Å². The van der Waals surface area contributed by atoms with Crippen LogP contribution >= 0.6 is 11.6 Å². The number of carbonyl (C=O) groups excluding carboxylic acids is 1. The van der Waals surface area contributed by atoms with Crippen molar-refractivity contribution in [2.24, 2.45) is 0 Å². The van der Waals surface area contributed by atoms with Crippen LogP contribution in [0.1, 0.15) is 51.2 Å². The third-order valence-corrected chi connectivity index (χ3v) is 4.97. The first kappa shape index (κ1) is 20.3. The van der Waals surface area contributed by atoms with Crippen molar-refractivity contribution in [3.05, 3.63) is 63.7 Å². The minimum atomic E-state index is -0.547. The molecule has 0 aliphatic heterocycles. The van der Waals surface area contributed by atoms with Crippen molar-refractivity contribution < 1.29 is 13.6 Å². The molecule has 0 atom stereocenters. The Morgan fingerprint density at radius 3 is 2.38 bits per heavy atom. The Morgan fingerprint density at radius 1 is 1.12 bits per heavy atom. The molecule has 0 unspecified atom stereocenters. The van der Waals surface area contributed by atoms with Crippen LogP contribution in [0.15, 0.2) is 35.9 Å². The van der Waals surface area contributed by atoms with E-state index in [1.807, 2.05) is 13.8 Å². The maximum Gasteiger partial charge on any atom is 0.156 e. The van der Waals surface area contributed by atoms with E-state index in [1.54, 1.807) is 13.0 Å². The zero-order chi connectivity index (χ0) is 19.4. The molecular weight excluding hydrogens is 354 g/mol. The molecule has 0 N–H and O–H groups in total. The lowest BCUT2D eigenvalue weighted by Gasteiger charge is -2.16. The summed E-state index contributed by atoms with van der Waals surface area (Å²) in [5.41, 5.74) is 4.12. The van der Waals surface area contributed by atoms with E-state index < -0.39 is 11.6 Å². The molecule has 0 saturated heterocycles. The molecule has 4 heteroatoms. The van der Waals surface area contributed by atoms with Crippen LogP contribution in [0.3, 0.4) is 0 Å². The third-order valence-electron chi connectivity index (χ3n) is 4.67. The van der Waals surface area contributed by atoms with E-state index >= 15 is 0 Å². The Labute approximate surface area is 158 Å². The predicted molar refractivity (Wildman–Crippen MR) is 104 cm³/mol. The summed E-state index contributed by atoms with van der Waals surface area (Å²) in [5, 5.41) is 0.0255. The van der Waals surface area contributed by atoms with Crippen molar-refractivity contribution in [3.8, 4) is 11.1 Å². The number of hydrogen-bond acceptors (Lipinski definition) is 1. The van der Waals surface area contributed by atoms with Crippen molar-refractivity contribution in [3.63, 3.8) is 0 Å². The van der Waals surface area contributed by atoms with E-state index in [0.29, 0.717) is 28.7 Å². The SMILES string of the molecule is CCCC/C(C(C)=O)=C(/C)c1cc(F)cc(-c2ccc(Cl)c(F)c2)c1C. The lowest BCUT2D eigenvalue weighted by Crippen LogP contribution is -2.03. The topological polar surface area (TPSA) is 17.1 Å². The average molecular weight is 377 g/mol. The van der Waals surface area contributed by atoms with Gasteiger partial charge in [-0.25, -0.2) is 8.78 Å². The molecule has 0 bridgehead atoms. The van der Waals surface area contributed by atoms with Gasteiger partial charge in [-0.05, 0) is 91.3 Å². The van der Waals surface area contributed by atoms with Gasteiger partial charge in [-0.2, -0.15) is 0 Å².